The molecule has 0 spiro atoms. The molecule has 6 nitrogen and oxygen atoms in total. The van der Waals surface area contributed by atoms with E-state index in [4.69, 9.17) is 9.57 Å². The fourth-order valence-electron chi connectivity index (χ4n) is 1.73. The van der Waals surface area contributed by atoms with Crippen LogP contribution in [0, 0.1) is 0 Å². The van der Waals surface area contributed by atoms with Gasteiger partial charge in [0.25, 0.3) is 0 Å². The molecule has 0 N–H and O–H groups in total. The van der Waals surface area contributed by atoms with Gasteiger partial charge in [0.15, 0.2) is 0 Å². The molecule has 104 valence electrons. The van der Waals surface area contributed by atoms with Gasteiger partial charge in [0, 0.05) is 20.0 Å². The number of carbonyl (C=O) groups is 2. The molecule has 1 aliphatic rings. The summed E-state index contributed by atoms with van der Waals surface area (Å²) in [5.74, 6) is -0.340. The van der Waals surface area contributed by atoms with Gasteiger partial charge < -0.3 is 14.5 Å². The van der Waals surface area contributed by atoms with E-state index in [2.05, 4.69) is 0 Å². The quantitative estimate of drug-likeness (QED) is 0.711. The minimum absolute atomic E-state index is 0.0323. The molecule has 1 aliphatic heterocycles. The van der Waals surface area contributed by atoms with Gasteiger partial charge in [-0.3, -0.25) is 4.79 Å². The predicted molar refractivity (Wildman–Crippen MR) is 65.7 cm³/mol. The van der Waals surface area contributed by atoms with Crippen molar-refractivity contribution >= 4 is 12.1 Å². The van der Waals surface area contributed by atoms with Gasteiger partial charge in [0.05, 0.1) is 12.6 Å². The highest BCUT2D eigenvalue weighted by Crippen LogP contribution is 2.15. The summed E-state index contributed by atoms with van der Waals surface area (Å²) >= 11 is 0. The number of carbonyl (C=O) groups excluding carboxylic acids is 2. The molecule has 1 saturated heterocycles. The second-order valence-electron chi connectivity index (χ2n) is 5.50. The average Bonchev–Trinajstić information content (AvgIpc) is 2.17. The molecule has 0 saturated carbocycles. The molecule has 1 fully saturated rings. The monoisotopic (exact) mass is 258 g/mol. The van der Waals surface area contributed by atoms with Crippen LogP contribution in [-0.4, -0.2) is 53.3 Å². The average molecular weight is 258 g/mol. The van der Waals surface area contributed by atoms with Gasteiger partial charge in [0.2, 0.25) is 0 Å². The minimum Gasteiger partial charge on any atom is -0.444 e. The normalized spacial score (nSPS) is 21.6. The summed E-state index contributed by atoms with van der Waals surface area (Å²) in [4.78, 5) is 29.4. The lowest BCUT2D eigenvalue weighted by molar-refractivity contribution is -0.206. The Morgan fingerprint density at radius 2 is 1.83 bits per heavy atom. The maximum Gasteiger partial charge on any atom is 0.410 e. The Kier molecular flexibility index (Phi) is 4.56. The zero-order valence-electron chi connectivity index (χ0n) is 11.7. The van der Waals surface area contributed by atoms with Crippen molar-refractivity contribution in [3.63, 3.8) is 0 Å². The number of hydrogen-bond acceptors (Lipinski definition) is 5. The number of ether oxygens (including phenoxy) is 1. The molecule has 0 aromatic heterocycles. The summed E-state index contributed by atoms with van der Waals surface area (Å²) in [6.45, 7) is 10.3. The summed E-state index contributed by atoms with van der Waals surface area (Å²) in [5, 5.41) is 1.60. The van der Waals surface area contributed by atoms with Crippen molar-refractivity contribution in [2.24, 2.45) is 0 Å². The van der Waals surface area contributed by atoms with Crippen LogP contribution in [0.1, 0.15) is 34.6 Å². The van der Waals surface area contributed by atoms with Gasteiger partial charge in [-0.25, -0.2) is 4.79 Å². The number of hydrogen-bond donors (Lipinski definition) is 0. The van der Waals surface area contributed by atoms with E-state index in [-0.39, 0.29) is 18.1 Å². The Morgan fingerprint density at radius 1 is 1.22 bits per heavy atom. The molecule has 0 aliphatic carbocycles. The summed E-state index contributed by atoms with van der Waals surface area (Å²) in [6, 6.07) is -0.0323. The number of piperazine rings is 1. The first-order valence-electron chi connectivity index (χ1n) is 6.12. The SMILES string of the molecule is CC(=O)ON1CCN(C(=O)OC(C)(C)C)CC1C. The van der Waals surface area contributed by atoms with Crippen molar-refractivity contribution in [1.29, 1.82) is 0 Å². The van der Waals surface area contributed by atoms with Crippen LogP contribution < -0.4 is 0 Å². The molecule has 1 heterocycles. The van der Waals surface area contributed by atoms with Gasteiger partial charge >= 0.3 is 12.1 Å². The number of amides is 1. The molecule has 1 amide bonds. The van der Waals surface area contributed by atoms with Crippen LogP contribution in [0.5, 0.6) is 0 Å². The maximum absolute atomic E-state index is 11.9. The third-order valence-corrected chi connectivity index (χ3v) is 2.46. The second kappa shape index (κ2) is 5.56. The molecule has 0 bridgehead atoms. The van der Waals surface area contributed by atoms with Gasteiger partial charge in [-0.1, -0.05) is 0 Å². The van der Waals surface area contributed by atoms with Crippen LogP contribution in [0.25, 0.3) is 0 Å². The van der Waals surface area contributed by atoms with Crippen LogP contribution in [0.3, 0.4) is 0 Å². The molecule has 1 unspecified atom stereocenters. The van der Waals surface area contributed by atoms with E-state index in [1.54, 1.807) is 9.96 Å². The highest BCUT2D eigenvalue weighted by molar-refractivity contribution is 5.68. The number of rotatable bonds is 1. The molecule has 1 atom stereocenters. The second-order valence-corrected chi connectivity index (χ2v) is 5.50. The zero-order chi connectivity index (χ0) is 13.9. The van der Waals surface area contributed by atoms with Crippen LogP contribution in [-0.2, 0) is 14.4 Å². The Balaban J connectivity index is 2.50. The highest BCUT2D eigenvalue weighted by Gasteiger charge is 2.31. The van der Waals surface area contributed by atoms with Gasteiger partial charge in [-0.05, 0) is 27.7 Å². The summed E-state index contributed by atoms with van der Waals surface area (Å²) in [6.07, 6.45) is -0.322. The topological polar surface area (TPSA) is 59.1 Å². The van der Waals surface area contributed by atoms with E-state index < -0.39 is 5.60 Å². The van der Waals surface area contributed by atoms with Gasteiger partial charge in [-0.15, -0.1) is 5.06 Å². The van der Waals surface area contributed by atoms with Gasteiger partial charge in [0.1, 0.15) is 5.60 Å². The third kappa shape index (κ3) is 4.52. The van der Waals surface area contributed by atoms with Crippen molar-refractivity contribution in [2.45, 2.75) is 46.3 Å². The Morgan fingerprint density at radius 3 is 2.28 bits per heavy atom. The molecular formula is C12H22N2O4. The van der Waals surface area contributed by atoms with Crippen LogP contribution >= 0.6 is 0 Å². The first-order valence-corrected chi connectivity index (χ1v) is 6.12. The first-order chi connectivity index (χ1) is 8.19. The van der Waals surface area contributed by atoms with E-state index in [0.29, 0.717) is 19.6 Å². The predicted octanol–water partition coefficient (Wildman–Crippen LogP) is 1.41. The van der Waals surface area contributed by atoms with E-state index >= 15 is 0 Å². The molecule has 1 rings (SSSR count). The largest absolute Gasteiger partial charge is 0.444 e. The third-order valence-electron chi connectivity index (χ3n) is 2.46. The van der Waals surface area contributed by atoms with Crippen molar-refractivity contribution in [1.82, 2.24) is 9.96 Å². The smallest absolute Gasteiger partial charge is 0.410 e. The maximum atomic E-state index is 11.9. The Hall–Kier alpha value is -1.30. The van der Waals surface area contributed by atoms with Crippen LogP contribution in [0.2, 0.25) is 0 Å². The van der Waals surface area contributed by atoms with Crippen molar-refractivity contribution in [2.75, 3.05) is 19.6 Å². The van der Waals surface area contributed by atoms with Gasteiger partial charge in [-0.2, -0.15) is 0 Å². The van der Waals surface area contributed by atoms with E-state index in [1.807, 2.05) is 27.7 Å². The lowest BCUT2D eigenvalue weighted by Gasteiger charge is -2.38. The lowest BCUT2D eigenvalue weighted by Crippen LogP contribution is -2.54. The first kappa shape index (κ1) is 14.8. The Labute approximate surface area is 108 Å². The highest BCUT2D eigenvalue weighted by atomic mass is 16.7. The number of nitrogens with zero attached hydrogens (tertiary/aromatic N) is 2. The fraction of sp³-hybridized carbons (Fsp3) is 0.833. The van der Waals surface area contributed by atoms with Crippen molar-refractivity contribution in [3.8, 4) is 0 Å². The summed E-state index contributed by atoms with van der Waals surface area (Å²) in [7, 11) is 0. The molecule has 0 aromatic carbocycles. The van der Waals surface area contributed by atoms with E-state index in [1.165, 1.54) is 6.92 Å². The zero-order valence-corrected chi connectivity index (χ0v) is 11.7. The lowest BCUT2D eigenvalue weighted by atomic mass is 10.2. The molecule has 0 radical (unpaired) electrons. The molecule has 6 heteroatoms. The summed E-state index contributed by atoms with van der Waals surface area (Å²) in [5.41, 5.74) is -0.493. The van der Waals surface area contributed by atoms with Crippen molar-refractivity contribution < 1.29 is 19.2 Å². The fourth-order valence-corrected chi connectivity index (χ4v) is 1.73. The van der Waals surface area contributed by atoms with E-state index in [0.717, 1.165) is 0 Å². The molecular weight excluding hydrogens is 236 g/mol. The minimum atomic E-state index is -0.493. The molecule has 0 aromatic rings. The van der Waals surface area contributed by atoms with Crippen LogP contribution in [0.4, 0.5) is 4.79 Å². The summed E-state index contributed by atoms with van der Waals surface area (Å²) < 4.78 is 5.30. The van der Waals surface area contributed by atoms with E-state index in [9.17, 15) is 9.59 Å². The van der Waals surface area contributed by atoms with Crippen LogP contribution in [0.15, 0.2) is 0 Å². The van der Waals surface area contributed by atoms with Crippen molar-refractivity contribution in [3.05, 3.63) is 0 Å². The Bertz CT molecular complexity index is 325. The molecule has 18 heavy (non-hydrogen) atoms. The standard InChI is InChI=1S/C12H22N2O4/c1-9-8-13(11(16)17-12(3,4)5)6-7-14(9)18-10(2)15/h9H,6-8H2,1-5H3. The number of hydroxylamine groups is 2.